The number of nitrogens with zero attached hydrogens (tertiary/aromatic N) is 2. The second kappa shape index (κ2) is 5.98. The second-order valence-electron chi connectivity index (χ2n) is 6.54. The van der Waals surface area contributed by atoms with Crippen LogP contribution in [0.3, 0.4) is 0 Å². The topological polar surface area (TPSA) is 92.9 Å². The summed E-state index contributed by atoms with van der Waals surface area (Å²) in [6.45, 7) is 8.12. The molecule has 122 valence electrons. The average Bonchev–Trinajstić information content (AvgIpc) is 2.79. The predicted molar refractivity (Wildman–Crippen MR) is 78.0 cm³/mol. The van der Waals surface area contributed by atoms with Crippen LogP contribution >= 0.6 is 0 Å². The molecule has 1 saturated heterocycles. The molecule has 0 spiro atoms. The molecule has 0 aromatic carbocycles. The number of carboxylic acids is 1. The molecule has 1 unspecified atom stereocenters. The predicted octanol–water partition coefficient (Wildman–Crippen LogP) is 2.80. The standard InChI is InChI=1S/C15H22N2O5/c1-9-11(13(18)19)21-12(16-9)10-6-5-7-17(8-10)14(20)22-15(2,3)4/h10H,5-8H2,1-4H3,(H,18,19). The number of carbonyl (C=O) groups excluding carboxylic acids is 1. The Kier molecular flexibility index (Phi) is 4.44. The highest BCUT2D eigenvalue weighted by Crippen LogP contribution is 2.28. The van der Waals surface area contributed by atoms with Crippen LogP contribution in [-0.2, 0) is 4.74 Å². The molecule has 1 fully saturated rings. The summed E-state index contributed by atoms with van der Waals surface area (Å²) in [5.41, 5.74) is -0.183. The SMILES string of the molecule is Cc1nc(C2CCCN(C(=O)OC(C)(C)C)C2)oc1C(=O)O. The Morgan fingerprint density at radius 1 is 1.41 bits per heavy atom. The molecule has 2 heterocycles. The van der Waals surface area contributed by atoms with Crippen LogP contribution in [0.4, 0.5) is 4.79 Å². The van der Waals surface area contributed by atoms with Gasteiger partial charge >= 0.3 is 12.1 Å². The van der Waals surface area contributed by atoms with Gasteiger partial charge in [0.1, 0.15) is 5.60 Å². The van der Waals surface area contributed by atoms with Crippen molar-refractivity contribution in [1.29, 1.82) is 0 Å². The molecule has 22 heavy (non-hydrogen) atoms. The van der Waals surface area contributed by atoms with Crippen molar-refractivity contribution >= 4 is 12.1 Å². The van der Waals surface area contributed by atoms with Crippen LogP contribution in [0.1, 0.15) is 61.7 Å². The number of ether oxygens (including phenoxy) is 1. The molecule has 1 aromatic heterocycles. The van der Waals surface area contributed by atoms with Crippen LogP contribution in [0, 0.1) is 6.92 Å². The van der Waals surface area contributed by atoms with Gasteiger partial charge in [0.2, 0.25) is 5.76 Å². The summed E-state index contributed by atoms with van der Waals surface area (Å²) in [5.74, 6) is -0.989. The zero-order valence-electron chi connectivity index (χ0n) is 13.4. The highest BCUT2D eigenvalue weighted by molar-refractivity contribution is 5.85. The molecular formula is C15H22N2O5. The maximum absolute atomic E-state index is 12.1. The van der Waals surface area contributed by atoms with Gasteiger partial charge < -0.3 is 19.2 Å². The normalized spacial score (nSPS) is 19.1. The van der Waals surface area contributed by atoms with Gasteiger partial charge in [-0.3, -0.25) is 0 Å². The Balaban J connectivity index is 2.09. The molecule has 7 nitrogen and oxygen atoms in total. The number of carboxylic acid groups (broad SMARTS) is 1. The van der Waals surface area contributed by atoms with Crippen LogP contribution in [0.15, 0.2) is 4.42 Å². The van der Waals surface area contributed by atoms with E-state index in [2.05, 4.69) is 4.98 Å². The lowest BCUT2D eigenvalue weighted by molar-refractivity contribution is 0.0189. The minimum Gasteiger partial charge on any atom is -0.475 e. The monoisotopic (exact) mass is 310 g/mol. The number of carbonyl (C=O) groups is 2. The third-order valence-corrected chi connectivity index (χ3v) is 3.43. The fourth-order valence-electron chi connectivity index (χ4n) is 2.46. The van der Waals surface area contributed by atoms with E-state index in [4.69, 9.17) is 14.3 Å². The lowest BCUT2D eigenvalue weighted by Gasteiger charge is -2.32. The van der Waals surface area contributed by atoms with E-state index < -0.39 is 11.6 Å². The number of aromatic nitrogens is 1. The van der Waals surface area contributed by atoms with Crippen molar-refractivity contribution < 1.29 is 23.8 Å². The molecule has 2 rings (SSSR count). The summed E-state index contributed by atoms with van der Waals surface area (Å²) in [6, 6.07) is 0. The molecule has 0 radical (unpaired) electrons. The molecule has 0 aliphatic carbocycles. The number of amides is 1. The molecule has 1 aromatic rings. The number of rotatable bonds is 2. The number of piperidine rings is 1. The highest BCUT2D eigenvalue weighted by atomic mass is 16.6. The number of likely N-dealkylation sites (tertiary alicyclic amines) is 1. The van der Waals surface area contributed by atoms with E-state index in [1.807, 2.05) is 20.8 Å². The third-order valence-electron chi connectivity index (χ3n) is 3.43. The van der Waals surface area contributed by atoms with Crippen molar-refractivity contribution in [2.24, 2.45) is 0 Å². The molecule has 0 bridgehead atoms. The van der Waals surface area contributed by atoms with Crippen LogP contribution in [0.2, 0.25) is 0 Å². The maximum atomic E-state index is 12.1. The summed E-state index contributed by atoms with van der Waals surface area (Å²) in [7, 11) is 0. The number of hydrogen-bond donors (Lipinski definition) is 1. The van der Waals surface area contributed by atoms with Crippen molar-refractivity contribution in [3.05, 3.63) is 17.3 Å². The first-order valence-electron chi connectivity index (χ1n) is 7.36. The largest absolute Gasteiger partial charge is 0.475 e. The molecule has 1 amide bonds. The minimum atomic E-state index is -1.13. The summed E-state index contributed by atoms with van der Waals surface area (Å²) in [5, 5.41) is 9.03. The summed E-state index contributed by atoms with van der Waals surface area (Å²) >= 11 is 0. The van der Waals surface area contributed by atoms with Gasteiger partial charge in [-0.2, -0.15) is 0 Å². The van der Waals surface area contributed by atoms with E-state index in [1.54, 1.807) is 11.8 Å². The number of oxazole rings is 1. The number of aromatic carboxylic acids is 1. The fraction of sp³-hybridized carbons (Fsp3) is 0.667. The van der Waals surface area contributed by atoms with Gasteiger partial charge in [-0.05, 0) is 40.5 Å². The molecule has 7 heteroatoms. The third kappa shape index (κ3) is 3.78. The average molecular weight is 310 g/mol. The molecule has 1 N–H and O–H groups in total. The van der Waals surface area contributed by atoms with E-state index in [0.717, 1.165) is 12.8 Å². The highest BCUT2D eigenvalue weighted by Gasteiger charge is 2.31. The van der Waals surface area contributed by atoms with Gasteiger partial charge in [-0.15, -0.1) is 0 Å². The zero-order valence-corrected chi connectivity index (χ0v) is 13.4. The van der Waals surface area contributed by atoms with Crippen molar-refractivity contribution in [3.8, 4) is 0 Å². The Morgan fingerprint density at radius 3 is 2.64 bits per heavy atom. The van der Waals surface area contributed by atoms with Crippen LogP contribution in [-0.4, -0.2) is 45.7 Å². The van der Waals surface area contributed by atoms with Gasteiger partial charge in [0.25, 0.3) is 0 Å². The fourth-order valence-corrected chi connectivity index (χ4v) is 2.46. The zero-order chi connectivity index (χ0) is 16.5. The van der Waals surface area contributed by atoms with Crippen LogP contribution < -0.4 is 0 Å². The Hall–Kier alpha value is -2.05. The number of hydrogen-bond acceptors (Lipinski definition) is 5. The van der Waals surface area contributed by atoms with E-state index >= 15 is 0 Å². The van der Waals surface area contributed by atoms with Gasteiger partial charge in [0.15, 0.2) is 5.89 Å². The van der Waals surface area contributed by atoms with Gasteiger partial charge in [-0.25, -0.2) is 14.6 Å². The molecule has 0 saturated carbocycles. The summed E-state index contributed by atoms with van der Waals surface area (Å²) in [4.78, 5) is 29.0. The van der Waals surface area contributed by atoms with Crippen LogP contribution in [0.5, 0.6) is 0 Å². The van der Waals surface area contributed by atoms with Gasteiger partial charge in [0.05, 0.1) is 11.6 Å². The van der Waals surface area contributed by atoms with Crippen molar-refractivity contribution in [2.75, 3.05) is 13.1 Å². The summed E-state index contributed by atoms with van der Waals surface area (Å²) < 4.78 is 10.7. The first kappa shape index (κ1) is 16.3. The summed E-state index contributed by atoms with van der Waals surface area (Å²) in [6.07, 6.45) is 1.24. The molecule has 1 atom stereocenters. The van der Waals surface area contributed by atoms with E-state index in [-0.39, 0.29) is 17.8 Å². The lowest BCUT2D eigenvalue weighted by Crippen LogP contribution is -2.42. The first-order chi connectivity index (χ1) is 10.2. The maximum Gasteiger partial charge on any atom is 0.410 e. The Labute approximate surface area is 129 Å². The molecule has 1 aliphatic heterocycles. The van der Waals surface area contributed by atoms with Gasteiger partial charge in [-0.1, -0.05) is 0 Å². The number of aryl methyl sites for hydroxylation is 1. The molecule has 1 aliphatic rings. The Morgan fingerprint density at radius 2 is 2.09 bits per heavy atom. The van der Waals surface area contributed by atoms with Gasteiger partial charge in [0, 0.05) is 13.1 Å². The van der Waals surface area contributed by atoms with Crippen molar-refractivity contribution in [3.63, 3.8) is 0 Å². The van der Waals surface area contributed by atoms with E-state index in [0.29, 0.717) is 24.7 Å². The van der Waals surface area contributed by atoms with E-state index in [9.17, 15) is 9.59 Å². The second-order valence-corrected chi connectivity index (χ2v) is 6.54. The Bertz CT molecular complexity index is 573. The van der Waals surface area contributed by atoms with E-state index in [1.165, 1.54) is 0 Å². The quantitative estimate of drug-likeness (QED) is 0.903. The smallest absolute Gasteiger partial charge is 0.410 e. The lowest BCUT2D eigenvalue weighted by atomic mass is 9.98. The minimum absolute atomic E-state index is 0.104. The van der Waals surface area contributed by atoms with Crippen LogP contribution in [0.25, 0.3) is 0 Å². The van der Waals surface area contributed by atoms with Crippen molar-refractivity contribution in [1.82, 2.24) is 9.88 Å². The molecular weight excluding hydrogens is 288 g/mol. The first-order valence-corrected chi connectivity index (χ1v) is 7.36. The van der Waals surface area contributed by atoms with Crippen molar-refractivity contribution in [2.45, 2.75) is 52.1 Å².